The van der Waals surface area contributed by atoms with Crippen molar-refractivity contribution < 1.29 is 50.1 Å². The lowest BCUT2D eigenvalue weighted by molar-refractivity contribution is 0.0768. The van der Waals surface area contributed by atoms with Gasteiger partial charge in [-0.1, -0.05) is 30.3 Å². The SMILES string of the molecule is O=C(NOP(=O)(O)Oc1c(F)c(F)c(F)c(F)c1F)OCc1ccccc1. The molecule has 146 valence electrons. The first-order valence-electron chi connectivity index (χ1n) is 6.81. The fourth-order valence-corrected chi connectivity index (χ4v) is 2.26. The van der Waals surface area contributed by atoms with E-state index in [-0.39, 0.29) is 6.61 Å². The first kappa shape index (κ1) is 20.6. The summed E-state index contributed by atoms with van der Waals surface area (Å²) in [6, 6.07) is 8.18. The standard InChI is InChI=1S/C14H9F5NO6P/c15-8-9(16)11(18)13(12(19)10(8)17)25-27(22,23)26-20-14(21)24-6-7-4-2-1-3-5-7/h1-5H,6H2,(H,20,21)(H,22,23). The molecular weight excluding hydrogens is 404 g/mol. The van der Waals surface area contributed by atoms with Crippen molar-refractivity contribution in [3.05, 3.63) is 65.0 Å². The fraction of sp³-hybridized carbons (Fsp3) is 0.0714. The Kier molecular flexibility index (Phi) is 6.37. The molecule has 0 saturated carbocycles. The van der Waals surface area contributed by atoms with E-state index in [2.05, 4.69) is 13.9 Å². The second kappa shape index (κ2) is 8.33. The summed E-state index contributed by atoms with van der Waals surface area (Å²) in [5, 5.41) is 0. The number of phosphoric acid groups is 1. The first-order chi connectivity index (χ1) is 12.6. The normalized spacial score (nSPS) is 13.0. The van der Waals surface area contributed by atoms with Gasteiger partial charge in [0.15, 0.2) is 0 Å². The van der Waals surface area contributed by atoms with Gasteiger partial charge in [0.1, 0.15) is 6.61 Å². The van der Waals surface area contributed by atoms with Crippen molar-refractivity contribution in [2.45, 2.75) is 6.61 Å². The smallest absolute Gasteiger partial charge is 0.443 e. The average molecular weight is 413 g/mol. The number of nitrogens with one attached hydrogen (secondary N) is 1. The average Bonchev–Trinajstić information content (AvgIpc) is 2.66. The van der Waals surface area contributed by atoms with Crippen LogP contribution < -0.4 is 10.0 Å². The second-order valence-corrected chi connectivity index (χ2v) is 6.02. The third-order valence-electron chi connectivity index (χ3n) is 2.83. The number of carbonyl (C=O) groups excluding carboxylic acids is 1. The summed E-state index contributed by atoms with van der Waals surface area (Å²) in [6.07, 6.45) is -1.39. The first-order valence-corrected chi connectivity index (χ1v) is 8.31. The van der Waals surface area contributed by atoms with Gasteiger partial charge < -0.3 is 9.26 Å². The van der Waals surface area contributed by atoms with Crippen LogP contribution in [0.15, 0.2) is 30.3 Å². The Bertz CT molecular complexity index is 868. The van der Waals surface area contributed by atoms with Gasteiger partial charge in [0.2, 0.25) is 34.8 Å². The molecule has 0 aliphatic rings. The van der Waals surface area contributed by atoms with Crippen LogP contribution in [-0.2, 0) is 20.5 Å². The van der Waals surface area contributed by atoms with E-state index in [1.165, 1.54) is 5.48 Å². The molecule has 0 aliphatic carbocycles. The molecule has 2 rings (SSSR count). The number of hydrogen-bond donors (Lipinski definition) is 2. The van der Waals surface area contributed by atoms with Gasteiger partial charge in [-0.2, -0.15) is 18.9 Å². The topological polar surface area (TPSA) is 94.1 Å². The van der Waals surface area contributed by atoms with Crippen molar-refractivity contribution >= 4 is 13.9 Å². The predicted molar refractivity (Wildman–Crippen MR) is 77.5 cm³/mol. The van der Waals surface area contributed by atoms with Crippen LogP contribution >= 0.6 is 7.82 Å². The van der Waals surface area contributed by atoms with Crippen LogP contribution in [0.1, 0.15) is 5.56 Å². The molecule has 2 aromatic carbocycles. The van der Waals surface area contributed by atoms with Crippen LogP contribution in [-0.4, -0.2) is 11.0 Å². The van der Waals surface area contributed by atoms with Crippen molar-refractivity contribution in [3.8, 4) is 5.75 Å². The van der Waals surface area contributed by atoms with Gasteiger partial charge in [-0.05, 0) is 5.56 Å². The molecule has 1 atom stereocenters. The molecule has 27 heavy (non-hydrogen) atoms. The molecule has 2 aromatic rings. The molecule has 7 nitrogen and oxygen atoms in total. The van der Waals surface area contributed by atoms with Gasteiger partial charge in [-0.3, -0.25) is 4.89 Å². The predicted octanol–water partition coefficient (Wildman–Crippen LogP) is 3.72. The number of hydroxylamine groups is 1. The zero-order valence-corrected chi connectivity index (χ0v) is 13.8. The minimum atomic E-state index is -5.52. The van der Waals surface area contributed by atoms with Crippen LogP contribution in [0.25, 0.3) is 0 Å². The minimum absolute atomic E-state index is 0.260. The summed E-state index contributed by atoms with van der Waals surface area (Å²) in [6.45, 7) is -0.260. The van der Waals surface area contributed by atoms with E-state index in [1.807, 2.05) is 0 Å². The highest BCUT2D eigenvalue weighted by atomic mass is 31.2. The molecule has 0 spiro atoms. The molecule has 1 amide bonds. The van der Waals surface area contributed by atoms with E-state index < -0.39 is 48.8 Å². The summed E-state index contributed by atoms with van der Waals surface area (Å²) in [4.78, 5) is 20.6. The zero-order valence-electron chi connectivity index (χ0n) is 12.9. The van der Waals surface area contributed by atoms with Gasteiger partial charge in [-0.15, -0.1) is 0 Å². The van der Waals surface area contributed by atoms with Gasteiger partial charge in [-0.25, -0.2) is 22.5 Å². The number of carbonyl (C=O) groups is 1. The molecule has 0 fully saturated rings. The summed E-state index contributed by atoms with van der Waals surface area (Å²) in [5.74, 6) is -14.4. The largest absolute Gasteiger partial charge is 0.549 e. The number of phosphoric ester groups is 1. The van der Waals surface area contributed by atoms with E-state index in [1.54, 1.807) is 30.3 Å². The molecule has 0 radical (unpaired) electrons. The van der Waals surface area contributed by atoms with Crippen molar-refractivity contribution in [2.75, 3.05) is 0 Å². The van der Waals surface area contributed by atoms with Crippen molar-refractivity contribution in [1.29, 1.82) is 0 Å². The highest BCUT2D eigenvalue weighted by molar-refractivity contribution is 7.47. The van der Waals surface area contributed by atoms with Crippen LogP contribution in [0.2, 0.25) is 0 Å². The van der Waals surface area contributed by atoms with E-state index in [0.717, 1.165) is 0 Å². The summed E-state index contributed by atoms with van der Waals surface area (Å²) >= 11 is 0. The van der Waals surface area contributed by atoms with Gasteiger partial charge in [0.25, 0.3) is 0 Å². The monoisotopic (exact) mass is 413 g/mol. The summed E-state index contributed by atoms with van der Waals surface area (Å²) < 4.78 is 89.5. The lowest BCUT2D eigenvalue weighted by atomic mass is 10.2. The highest BCUT2D eigenvalue weighted by Crippen LogP contribution is 2.45. The maximum absolute atomic E-state index is 13.4. The quantitative estimate of drug-likeness (QED) is 0.247. The molecule has 0 aromatic heterocycles. The molecule has 0 bridgehead atoms. The lowest BCUT2D eigenvalue weighted by Crippen LogP contribution is -2.24. The fourth-order valence-electron chi connectivity index (χ4n) is 1.65. The van der Waals surface area contributed by atoms with E-state index in [0.29, 0.717) is 5.56 Å². The summed E-state index contributed by atoms with van der Waals surface area (Å²) in [7, 11) is -5.52. The number of benzene rings is 2. The Balaban J connectivity index is 1.99. The van der Waals surface area contributed by atoms with Gasteiger partial charge >= 0.3 is 13.9 Å². The number of ether oxygens (including phenoxy) is 1. The van der Waals surface area contributed by atoms with Gasteiger partial charge in [0.05, 0.1) is 0 Å². The molecule has 1 unspecified atom stereocenters. The molecule has 0 heterocycles. The third-order valence-corrected chi connectivity index (χ3v) is 3.57. The van der Waals surface area contributed by atoms with E-state index in [4.69, 9.17) is 0 Å². The van der Waals surface area contributed by atoms with Crippen molar-refractivity contribution in [1.82, 2.24) is 5.48 Å². The Hall–Kier alpha value is -2.69. The van der Waals surface area contributed by atoms with Crippen LogP contribution in [0.3, 0.4) is 0 Å². The minimum Gasteiger partial charge on any atom is -0.443 e. The second-order valence-electron chi connectivity index (χ2n) is 4.71. The molecule has 0 aliphatic heterocycles. The Morgan fingerprint density at radius 2 is 1.48 bits per heavy atom. The number of rotatable bonds is 6. The maximum atomic E-state index is 13.4. The van der Waals surface area contributed by atoms with E-state index in [9.17, 15) is 36.2 Å². The van der Waals surface area contributed by atoms with Crippen LogP contribution in [0.5, 0.6) is 5.75 Å². The number of amides is 1. The number of hydrogen-bond acceptors (Lipinski definition) is 5. The Morgan fingerprint density at radius 1 is 0.963 bits per heavy atom. The summed E-state index contributed by atoms with van der Waals surface area (Å²) in [5.41, 5.74) is 1.84. The van der Waals surface area contributed by atoms with Crippen LogP contribution in [0, 0.1) is 29.1 Å². The molecular formula is C14H9F5NO6P. The lowest BCUT2D eigenvalue weighted by Gasteiger charge is -2.14. The van der Waals surface area contributed by atoms with Gasteiger partial charge in [0, 0.05) is 0 Å². The maximum Gasteiger partial charge on any atom is 0.549 e. The molecule has 13 heteroatoms. The van der Waals surface area contributed by atoms with E-state index >= 15 is 0 Å². The Labute approximate surface area is 147 Å². The number of halogens is 5. The Morgan fingerprint density at radius 3 is 2.04 bits per heavy atom. The molecule has 2 N–H and O–H groups in total. The third kappa shape index (κ3) is 5.16. The van der Waals surface area contributed by atoms with Crippen molar-refractivity contribution in [2.24, 2.45) is 0 Å². The molecule has 0 saturated heterocycles. The highest BCUT2D eigenvalue weighted by Gasteiger charge is 2.34. The zero-order chi connectivity index (χ0) is 20.2. The van der Waals surface area contributed by atoms with Crippen molar-refractivity contribution in [3.63, 3.8) is 0 Å². The van der Waals surface area contributed by atoms with Crippen LogP contribution in [0.4, 0.5) is 26.7 Å².